The van der Waals surface area contributed by atoms with Gasteiger partial charge in [-0.25, -0.2) is 0 Å². The fraction of sp³-hybridized carbons (Fsp3) is 0.419. The van der Waals surface area contributed by atoms with E-state index in [0.29, 0.717) is 13.2 Å². The number of aliphatic hydroxyl groups excluding tert-OH is 2. The highest BCUT2D eigenvalue weighted by Gasteiger charge is 2.25. The van der Waals surface area contributed by atoms with E-state index in [-0.39, 0.29) is 24.0 Å². The molecular formula is C31H39NO4. The Hall–Kier alpha value is -3.02. The highest BCUT2D eigenvalue weighted by Crippen LogP contribution is 2.34. The lowest BCUT2D eigenvalue weighted by molar-refractivity contribution is 0.0713. The van der Waals surface area contributed by atoms with Crippen LogP contribution in [-0.2, 0) is 0 Å². The van der Waals surface area contributed by atoms with Gasteiger partial charge in [-0.15, -0.1) is 0 Å². The molecular weight excluding hydrogens is 450 g/mol. The molecule has 5 nitrogen and oxygen atoms in total. The first-order chi connectivity index (χ1) is 17.4. The summed E-state index contributed by atoms with van der Waals surface area (Å²) in [6, 6.07) is 24.4. The van der Waals surface area contributed by atoms with Crippen LogP contribution in [0.2, 0.25) is 0 Å². The van der Waals surface area contributed by atoms with E-state index < -0.39 is 0 Å². The summed E-state index contributed by atoms with van der Waals surface area (Å²) < 4.78 is 10.7. The van der Waals surface area contributed by atoms with Crippen molar-refractivity contribution in [3.63, 3.8) is 0 Å². The zero-order valence-corrected chi connectivity index (χ0v) is 21.8. The van der Waals surface area contributed by atoms with Gasteiger partial charge in [0.05, 0.1) is 12.2 Å². The summed E-state index contributed by atoms with van der Waals surface area (Å²) in [6.07, 6.45) is 0.563. The lowest BCUT2D eigenvalue weighted by atomic mass is 9.92. The molecule has 192 valence electrons. The summed E-state index contributed by atoms with van der Waals surface area (Å²) in [7, 11) is 2.17. The van der Waals surface area contributed by atoms with Crippen molar-refractivity contribution in [2.24, 2.45) is 0 Å². The molecule has 3 aliphatic heterocycles. The third-order valence-electron chi connectivity index (χ3n) is 7.57. The number of fused-ring (bicyclic) bond motifs is 3. The molecule has 3 unspecified atom stereocenters. The molecule has 6 rings (SSSR count). The van der Waals surface area contributed by atoms with E-state index in [4.69, 9.17) is 9.47 Å². The van der Waals surface area contributed by atoms with Crippen molar-refractivity contribution < 1.29 is 19.7 Å². The lowest BCUT2D eigenvalue weighted by Crippen LogP contribution is -2.28. The van der Waals surface area contributed by atoms with Crippen LogP contribution in [0.1, 0.15) is 61.6 Å². The first-order valence-electron chi connectivity index (χ1n) is 13.0. The molecule has 3 heterocycles. The van der Waals surface area contributed by atoms with E-state index in [1.54, 1.807) is 0 Å². The minimum absolute atomic E-state index is 0.190. The Bertz CT molecular complexity index is 1040. The molecule has 0 saturated heterocycles. The predicted molar refractivity (Wildman–Crippen MR) is 145 cm³/mol. The summed E-state index contributed by atoms with van der Waals surface area (Å²) in [5.41, 5.74) is 5.13. The van der Waals surface area contributed by atoms with Crippen molar-refractivity contribution in [3.05, 3.63) is 89.5 Å². The molecule has 0 aliphatic carbocycles. The molecule has 0 amide bonds. The summed E-state index contributed by atoms with van der Waals surface area (Å²) >= 11 is 0. The number of para-hydroxylation sites is 3. The van der Waals surface area contributed by atoms with Crippen molar-refractivity contribution in [2.45, 2.75) is 57.2 Å². The number of benzene rings is 3. The molecule has 0 aromatic heterocycles. The summed E-state index contributed by atoms with van der Waals surface area (Å²) in [4.78, 5) is 2.34. The zero-order chi connectivity index (χ0) is 25.7. The Morgan fingerprint density at radius 2 is 1.11 bits per heavy atom. The average Bonchev–Trinajstić information content (AvgIpc) is 2.92. The van der Waals surface area contributed by atoms with Crippen molar-refractivity contribution >= 4 is 5.69 Å². The maximum Gasteiger partial charge on any atom is 0.122 e. The molecule has 0 bridgehead atoms. The maximum atomic E-state index is 9.50. The van der Waals surface area contributed by atoms with Crippen molar-refractivity contribution in [1.82, 2.24) is 0 Å². The Balaban J connectivity index is 0.000000127. The molecule has 3 aliphatic rings. The zero-order valence-electron chi connectivity index (χ0n) is 21.8. The second-order valence-electron chi connectivity index (χ2n) is 10.1. The third kappa shape index (κ3) is 5.85. The Morgan fingerprint density at radius 3 is 1.61 bits per heavy atom. The largest absolute Gasteiger partial charge is 0.491 e. The van der Waals surface area contributed by atoms with E-state index >= 15 is 0 Å². The van der Waals surface area contributed by atoms with Crippen LogP contribution in [0.5, 0.6) is 11.5 Å². The molecule has 36 heavy (non-hydrogen) atoms. The van der Waals surface area contributed by atoms with E-state index in [0.717, 1.165) is 28.5 Å². The van der Waals surface area contributed by atoms with Gasteiger partial charge < -0.3 is 24.6 Å². The second kappa shape index (κ2) is 11.8. The minimum atomic E-state index is -0.361. The van der Waals surface area contributed by atoms with E-state index in [1.165, 1.54) is 24.2 Å². The van der Waals surface area contributed by atoms with Gasteiger partial charge in [-0.05, 0) is 47.2 Å². The normalized spacial score (nSPS) is 25.7. The van der Waals surface area contributed by atoms with Gasteiger partial charge in [0, 0.05) is 31.1 Å². The van der Waals surface area contributed by atoms with Crippen LogP contribution in [0.4, 0.5) is 5.69 Å². The summed E-state index contributed by atoms with van der Waals surface area (Å²) in [5.74, 6) is 2.94. The first-order valence-corrected chi connectivity index (χ1v) is 13.0. The SMILES string of the molecule is CC1CCN(C)c2ccccc21.CC1c2ccccc2OC[C@@H]1O.CC1c2ccccc2OC[C@H]1O. The molecule has 0 spiro atoms. The number of aliphatic hydroxyl groups is 2. The summed E-state index contributed by atoms with van der Waals surface area (Å²) in [6.45, 7) is 8.37. The van der Waals surface area contributed by atoms with Gasteiger partial charge in [0.25, 0.3) is 0 Å². The van der Waals surface area contributed by atoms with Crippen LogP contribution in [0.15, 0.2) is 72.8 Å². The fourth-order valence-electron chi connectivity index (χ4n) is 4.94. The number of anilines is 1. The topological polar surface area (TPSA) is 62.2 Å². The number of nitrogens with zero attached hydrogens (tertiary/aromatic N) is 1. The Morgan fingerprint density at radius 1 is 0.667 bits per heavy atom. The molecule has 2 N–H and O–H groups in total. The van der Waals surface area contributed by atoms with Crippen LogP contribution < -0.4 is 14.4 Å². The Kier molecular flexibility index (Phi) is 8.55. The monoisotopic (exact) mass is 489 g/mol. The average molecular weight is 490 g/mol. The van der Waals surface area contributed by atoms with Crippen molar-refractivity contribution in [1.29, 1.82) is 0 Å². The van der Waals surface area contributed by atoms with Gasteiger partial charge in [-0.2, -0.15) is 0 Å². The first kappa shape index (κ1) is 26.1. The highest BCUT2D eigenvalue weighted by molar-refractivity contribution is 5.56. The highest BCUT2D eigenvalue weighted by atomic mass is 16.5. The molecule has 0 fully saturated rings. The number of hydrogen-bond donors (Lipinski definition) is 2. The quantitative estimate of drug-likeness (QED) is 0.423. The molecule has 3 aromatic carbocycles. The van der Waals surface area contributed by atoms with Gasteiger partial charge >= 0.3 is 0 Å². The van der Waals surface area contributed by atoms with E-state index in [2.05, 4.69) is 43.1 Å². The molecule has 5 heteroatoms. The Labute approximate surface area is 215 Å². The van der Waals surface area contributed by atoms with Crippen molar-refractivity contribution in [2.75, 3.05) is 31.7 Å². The van der Waals surface area contributed by atoms with Crippen LogP contribution >= 0.6 is 0 Å². The number of ether oxygens (including phenoxy) is 2. The smallest absolute Gasteiger partial charge is 0.122 e. The van der Waals surface area contributed by atoms with Gasteiger partial charge in [-0.1, -0.05) is 75.4 Å². The number of hydrogen-bond acceptors (Lipinski definition) is 5. The maximum absolute atomic E-state index is 9.50. The molecule has 0 radical (unpaired) electrons. The van der Waals surface area contributed by atoms with Crippen molar-refractivity contribution in [3.8, 4) is 11.5 Å². The minimum Gasteiger partial charge on any atom is -0.491 e. The van der Waals surface area contributed by atoms with Crippen LogP contribution in [0, 0.1) is 0 Å². The standard InChI is InChI=1S/C11H15N.2C10H12O2/c1-9-7-8-12(2)11-6-4-3-5-10(9)11;2*1-7-8-4-2-3-5-10(8)12-6-9(7)11/h3-6,9H,7-8H2,1-2H3;2*2-5,7,9,11H,6H2,1H3/t;2*7?,9-/m.10/s1. The number of rotatable bonds is 0. The van der Waals surface area contributed by atoms with Crippen LogP contribution in [0.25, 0.3) is 0 Å². The van der Waals surface area contributed by atoms with Gasteiger partial charge in [0.15, 0.2) is 0 Å². The van der Waals surface area contributed by atoms with Crippen LogP contribution in [-0.4, -0.2) is 49.2 Å². The fourth-order valence-corrected chi connectivity index (χ4v) is 4.94. The third-order valence-corrected chi connectivity index (χ3v) is 7.57. The second-order valence-corrected chi connectivity index (χ2v) is 10.1. The van der Waals surface area contributed by atoms with E-state index in [9.17, 15) is 10.2 Å². The molecule has 0 saturated carbocycles. The molecule has 3 aromatic rings. The lowest BCUT2D eigenvalue weighted by Gasteiger charge is -2.31. The van der Waals surface area contributed by atoms with Gasteiger partial charge in [0.1, 0.15) is 24.7 Å². The van der Waals surface area contributed by atoms with Gasteiger partial charge in [0.2, 0.25) is 0 Å². The molecule has 5 atom stereocenters. The summed E-state index contributed by atoms with van der Waals surface area (Å²) in [5, 5.41) is 19.0. The predicted octanol–water partition coefficient (Wildman–Crippen LogP) is 5.72. The van der Waals surface area contributed by atoms with Gasteiger partial charge in [-0.3, -0.25) is 0 Å². The van der Waals surface area contributed by atoms with E-state index in [1.807, 2.05) is 62.4 Å². The van der Waals surface area contributed by atoms with Crippen LogP contribution in [0.3, 0.4) is 0 Å².